The summed E-state index contributed by atoms with van der Waals surface area (Å²) in [5, 5.41) is 3.22. The maximum Gasteiger partial charge on any atom is 0.410 e. The van der Waals surface area contributed by atoms with E-state index in [1.165, 1.54) is 16.7 Å². The van der Waals surface area contributed by atoms with E-state index in [0.717, 1.165) is 5.69 Å². The molecule has 19 heavy (non-hydrogen) atoms. The Morgan fingerprint density at radius 2 is 2.00 bits per heavy atom. The number of fused-ring (bicyclic) bond motifs is 1. The van der Waals surface area contributed by atoms with Gasteiger partial charge < -0.3 is 10.1 Å². The molecule has 0 unspecified atom stereocenters. The summed E-state index contributed by atoms with van der Waals surface area (Å²) in [5.74, 6) is 0. The van der Waals surface area contributed by atoms with Crippen molar-refractivity contribution in [2.24, 2.45) is 0 Å². The smallest absolute Gasteiger partial charge is 0.410 e. The normalized spacial score (nSPS) is 14.3. The topological polar surface area (TPSA) is 41.6 Å². The predicted molar refractivity (Wildman–Crippen MR) is 76.2 cm³/mol. The molecule has 0 saturated carbocycles. The van der Waals surface area contributed by atoms with Crippen LogP contribution in [0.1, 0.15) is 37.5 Å². The number of anilines is 1. The molecule has 4 nitrogen and oxygen atoms in total. The molecule has 1 N–H and O–H groups in total. The second-order valence-corrected chi connectivity index (χ2v) is 5.98. The Morgan fingerprint density at radius 1 is 1.32 bits per heavy atom. The summed E-state index contributed by atoms with van der Waals surface area (Å²) in [6.45, 7) is 8.97. The minimum Gasteiger partial charge on any atom is -0.444 e. The van der Waals surface area contributed by atoms with Crippen LogP contribution in [0.2, 0.25) is 0 Å². The lowest BCUT2D eigenvalue weighted by Gasteiger charge is -2.24. The molecule has 0 bridgehead atoms. The van der Waals surface area contributed by atoms with Gasteiger partial charge in [-0.2, -0.15) is 0 Å². The number of nitrogens with zero attached hydrogens (tertiary/aromatic N) is 1. The van der Waals surface area contributed by atoms with Gasteiger partial charge in [-0.05, 0) is 38.8 Å². The molecule has 0 radical (unpaired) electrons. The van der Waals surface area contributed by atoms with Crippen LogP contribution in [-0.2, 0) is 17.8 Å². The summed E-state index contributed by atoms with van der Waals surface area (Å²) in [6.07, 6.45) is -0.247. The monoisotopic (exact) mass is 262 g/mol. The van der Waals surface area contributed by atoms with E-state index in [0.29, 0.717) is 13.1 Å². The second-order valence-electron chi connectivity index (χ2n) is 5.98. The predicted octanol–water partition coefficient (Wildman–Crippen LogP) is 3.29. The molecule has 1 amide bonds. The molecule has 0 spiro atoms. The lowest BCUT2D eigenvalue weighted by molar-refractivity contribution is 0.0242. The molecule has 1 aliphatic heterocycles. The summed E-state index contributed by atoms with van der Waals surface area (Å²) in [7, 11) is 1.92. The summed E-state index contributed by atoms with van der Waals surface area (Å²) >= 11 is 0. The van der Waals surface area contributed by atoms with Gasteiger partial charge in [0.25, 0.3) is 0 Å². The average molecular weight is 262 g/mol. The number of carbonyl (C=O) groups excluding carboxylic acids is 1. The molecule has 1 aliphatic rings. The van der Waals surface area contributed by atoms with E-state index < -0.39 is 5.60 Å². The van der Waals surface area contributed by atoms with E-state index >= 15 is 0 Å². The molecule has 0 saturated heterocycles. The van der Waals surface area contributed by atoms with E-state index in [4.69, 9.17) is 4.74 Å². The number of hydrogen-bond acceptors (Lipinski definition) is 3. The maximum atomic E-state index is 12.1. The number of hydrogen-bond donors (Lipinski definition) is 1. The van der Waals surface area contributed by atoms with Crippen molar-refractivity contribution in [2.75, 3.05) is 12.4 Å². The summed E-state index contributed by atoms with van der Waals surface area (Å²) in [6, 6.07) is 4.18. The highest BCUT2D eigenvalue weighted by molar-refractivity contribution is 5.71. The Labute approximate surface area is 114 Å². The number of nitrogens with one attached hydrogen (secondary N) is 1. The molecule has 0 aliphatic carbocycles. The Hall–Kier alpha value is -1.71. The van der Waals surface area contributed by atoms with Crippen molar-refractivity contribution >= 4 is 11.8 Å². The first-order valence-corrected chi connectivity index (χ1v) is 6.59. The fourth-order valence-electron chi connectivity index (χ4n) is 2.39. The van der Waals surface area contributed by atoms with Gasteiger partial charge in [-0.1, -0.05) is 12.1 Å². The zero-order chi connectivity index (χ0) is 14.2. The quantitative estimate of drug-likeness (QED) is 0.844. The Kier molecular flexibility index (Phi) is 3.43. The molecule has 0 atom stereocenters. The molecule has 2 rings (SSSR count). The largest absolute Gasteiger partial charge is 0.444 e. The van der Waals surface area contributed by atoms with Gasteiger partial charge in [0, 0.05) is 24.8 Å². The van der Waals surface area contributed by atoms with E-state index in [1.54, 1.807) is 4.90 Å². The molecule has 0 fully saturated rings. The number of amides is 1. The first-order chi connectivity index (χ1) is 8.81. The number of benzene rings is 1. The van der Waals surface area contributed by atoms with Gasteiger partial charge in [-0.3, -0.25) is 4.90 Å². The van der Waals surface area contributed by atoms with Crippen LogP contribution in [0.15, 0.2) is 12.1 Å². The van der Waals surface area contributed by atoms with Crippen LogP contribution in [0.5, 0.6) is 0 Å². The van der Waals surface area contributed by atoms with Gasteiger partial charge in [-0.25, -0.2) is 4.79 Å². The highest BCUT2D eigenvalue weighted by Crippen LogP contribution is 2.32. The highest BCUT2D eigenvalue weighted by Gasteiger charge is 2.29. The van der Waals surface area contributed by atoms with Crippen molar-refractivity contribution < 1.29 is 9.53 Å². The van der Waals surface area contributed by atoms with Crippen LogP contribution < -0.4 is 5.32 Å². The zero-order valence-corrected chi connectivity index (χ0v) is 12.3. The van der Waals surface area contributed by atoms with Crippen molar-refractivity contribution in [2.45, 2.75) is 46.4 Å². The van der Waals surface area contributed by atoms with Gasteiger partial charge >= 0.3 is 6.09 Å². The van der Waals surface area contributed by atoms with Crippen LogP contribution in [0.4, 0.5) is 10.5 Å². The first-order valence-electron chi connectivity index (χ1n) is 6.59. The second kappa shape index (κ2) is 4.76. The first kappa shape index (κ1) is 13.7. The van der Waals surface area contributed by atoms with Crippen molar-refractivity contribution in [1.29, 1.82) is 0 Å². The van der Waals surface area contributed by atoms with Gasteiger partial charge in [-0.15, -0.1) is 0 Å². The van der Waals surface area contributed by atoms with Crippen LogP contribution >= 0.6 is 0 Å². The SMILES string of the molecule is CNc1c(C)ccc2c1CN(C(=O)OC(C)(C)C)C2. The lowest BCUT2D eigenvalue weighted by Crippen LogP contribution is -2.33. The van der Waals surface area contributed by atoms with Gasteiger partial charge in [0.05, 0.1) is 6.54 Å². The zero-order valence-electron chi connectivity index (χ0n) is 12.3. The molecule has 1 aromatic carbocycles. The molecule has 1 heterocycles. The fraction of sp³-hybridized carbons (Fsp3) is 0.533. The molecule has 4 heteroatoms. The van der Waals surface area contributed by atoms with E-state index in [1.807, 2.05) is 27.8 Å². The van der Waals surface area contributed by atoms with Crippen LogP contribution in [0.3, 0.4) is 0 Å². The fourth-order valence-corrected chi connectivity index (χ4v) is 2.39. The Balaban J connectivity index is 2.19. The third-order valence-corrected chi connectivity index (χ3v) is 3.23. The third-order valence-electron chi connectivity index (χ3n) is 3.23. The van der Waals surface area contributed by atoms with Gasteiger partial charge in [0.15, 0.2) is 0 Å². The average Bonchev–Trinajstić information content (AvgIpc) is 2.70. The van der Waals surface area contributed by atoms with Crippen molar-refractivity contribution in [3.05, 3.63) is 28.8 Å². The van der Waals surface area contributed by atoms with Gasteiger partial charge in [0.2, 0.25) is 0 Å². The van der Waals surface area contributed by atoms with E-state index in [-0.39, 0.29) is 6.09 Å². The minimum atomic E-state index is -0.451. The number of rotatable bonds is 1. The Bertz CT molecular complexity index is 504. The molecular formula is C15H22N2O2. The molecule has 0 aromatic heterocycles. The number of carbonyl (C=O) groups is 1. The van der Waals surface area contributed by atoms with Crippen LogP contribution in [0, 0.1) is 6.92 Å². The van der Waals surface area contributed by atoms with Crippen LogP contribution in [0.25, 0.3) is 0 Å². The number of ether oxygens (including phenoxy) is 1. The summed E-state index contributed by atoms with van der Waals surface area (Å²) in [5.41, 5.74) is 4.28. The van der Waals surface area contributed by atoms with Crippen LogP contribution in [-0.4, -0.2) is 23.6 Å². The molecule has 104 valence electrons. The highest BCUT2D eigenvalue weighted by atomic mass is 16.6. The number of aryl methyl sites for hydroxylation is 1. The molecule has 1 aromatic rings. The lowest BCUT2D eigenvalue weighted by atomic mass is 10.0. The van der Waals surface area contributed by atoms with Gasteiger partial charge in [0.1, 0.15) is 5.60 Å². The van der Waals surface area contributed by atoms with Crippen molar-refractivity contribution in [1.82, 2.24) is 4.90 Å². The third kappa shape index (κ3) is 2.83. The summed E-state index contributed by atoms with van der Waals surface area (Å²) in [4.78, 5) is 13.8. The van der Waals surface area contributed by atoms with E-state index in [2.05, 4.69) is 24.4 Å². The standard InChI is InChI=1S/C15H22N2O2/c1-10-6-7-11-8-17(9-12(11)13(10)16-5)14(18)19-15(2,3)4/h6-7,16H,8-9H2,1-5H3. The maximum absolute atomic E-state index is 12.1. The van der Waals surface area contributed by atoms with Crippen molar-refractivity contribution in [3.63, 3.8) is 0 Å². The molecular weight excluding hydrogens is 240 g/mol. The Morgan fingerprint density at radius 3 is 2.58 bits per heavy atom. The van der Waals surface area contributed by atoms with Crippen molar-refractivity contribution in [3.8, 4) is 0 Å². The van der Waals surface area contributed by atoms with E-state index in [9.17, 15) is 4.79 Å². The minimum absolute atomic E-state index is 0.247. The summed E-state index contributed by atoms with van der Waals surface area (Å²) < 4.78 is 5.42.